The fourth-order valence-electron chi connectivity index (χ4n) is 2.89. The topological polar surface area (TPSA) is 63.6 Å². The smallest absolute Gasteiger partial charge is 0.192 e. The number of Topliss-reactive ketones (excluding diaryl/α,β-unsaturated/α-hetero) is 1. The molecule has 1 fully saturated rings. The van der Waals surface area contributed by atoms with Crippen molar-refractivity contribution in [1.82, 2.24) is 19.7 Å². The zero-order valence-corrected chi connectivity index (χ0v) is 13.9. The number of hydrogen-bond donors (Lipinski definition) is 1. The largest absolute Gasteiger partial charge is 0.360 e. The molecule has 5 nitrogen and oxygen atoms in total. The third kappa shape index (κ3) is 2.57. The van der Waals surface area contributed by atoms with Crippen LogP contribution in [0, 0.1) is 6.92 Å². The maximum Gasteiger partial charge on any atom is 0.192 e. The van der Waals surface area contributed by atoms with Crippen LogP contribution in [0.2, 0.25) is 0 Å². The number of fused-ring (bicyclic) bond motifs is 1. The van der Waals surface area contributed by atoms with Crippen LogP contribution in [0.5, 0.6) is 0 Å². The molecule has 118 valence electrons. The molecule has 0 amide bonds. The highest BCUT2D eigenvalue weighted by atomic mass is 32.2. The van der Waals surface area contributed by atoms with E-state index in [0.717, 1.165) is 27.4 Å². The molecule has 0 aliphatic heterocycles. The fraction of sp³-hybridized carbons (Fsp3) is 0.353. The molecule has 23 heavy (non-hydrogen) atoms. The quantitative estimate of drug-likeness (QED) is 0.573. The highest BCUT2D eigenvalue weighted by Crippen LogP contribution is 2.39. The van der Waals surface area contributed by atoms with Crippen LogP contribution in [0.4, 0.5) is 0 Å². The number of carbonyl (C=O) groups is 1. The van der Waals surface area contributed by atoms with Crippen molar-refractivity contribution in [1.29, 1.82) is 0 Å². The number of aryl methyl sites for hydroxylation is 1. The molecular weight excluding hydrogens is 308 g/mol. The van der Waals surface area contributed by atoms with Gasteiger partial charge >= 0.3 is 0 Å². The van der Waals surface area contributed by atoms with Crippen LogP contribution >= 0.6 is 11.8 Å². The Kier molecular flexibility index (Phi) is 3.49. The van der Waals surface area contributed by atoms with Gasteiger partial charge in [-0.25, -0.2) is 0 Å². The van der Waals surface area contributed by atoms with Crippen molar-refractivity contribution in [2.24, 2.45) is 0 Å². The number of ketones is 1. The van der Waals surface area contributed by atoms with Gasteiger partial charge in [-0.3, -0.25) is 4.79 Å². The van der Waals surface area contributed by atoms with Gasteiger partial charge in [0, 0.05) is 28.7 Å². The summed E-state index contributed by atoms with van der Waals surface area (Å²) >= 11 is 1.50. The Morgan fingerprint density at radius 1 is 1.35 bits per heavy atom. The number of carbonyl (C=O) groups excluding carboxylic acids is 1. The predicted molar refractivity (Wildman–Crippen MR) is 91.0 cm³/mol. The van der Waals surface area contributed by atoms with Crippen molar-refractivity contribution in [3.8, 4) is 0 Å². The van der Waals surface area contributed by atoms with Gasteiger partial charge in [-0.1, -0.05) is 30.0 Å². The summed E-state index contributed by atoms with van der Waals surface area (Å²) in [5, 5.41) is 10.1. The average Bonchev–Trinajstić information content (AvgIpc) is 3.19. The maximum atomic E-state index is 12.8. The van der Waals surface area contributed by atoms with Crippen molar-refractivity contribution in [2.75, 3.05) is 0 Å². The van der Waals surface area contributed by atoms with Crippen LogP contribution in [0.15, 0.2) is 35.6 Å². The van der Waals surface area contributed by atoms with Gasteiger partial charge in [0.25, 0.3) is 0 Å². The molecule has 2 aromatic heterocycles. The molecule has 2 heterocycles. The van der Waals surface area contributed by atoms with Crippen molar-refractivity contribution in [2.45, 2.75) is 43.1 Å². The summed E-state index contributed by atoms with van der Waals surface area (Å²) in [5.41, 5.74) is 1.74. The van der Waals surface area contributed by atoms with Gasteiger partial charge in [0.15, 0.2) is 10.9 Å². The van der Waals surface area contributed by atoms with E-state index >= 15 is 0 Å². The third-order valence-electron chi connectivity index (χ3n) is 4.25. The molecule has 1 atom stereocenters. The van der Waals surface area contributed by atoms with Gasteiger partial charge < -0.3 is 9.55 Å². The number of H-pyrrole nitrogens is 1. The van der Waals surface area contributed by atoms with Gasteiger partial charge in [0.2, 0.25) is 0 Å². The van der Waals surface area contributed by atoms with Gasteiger partial charge in [0.05, 0.1) is 5.25 Å². The Bertz CT molecular complexity index is 878. The predicted octanol–water partition coefficient (Wildman–Crippen LogP) is 3.77. The first-order valence-electron chi connectivity index (χ1n) is 7.83. The molecule has 1 saturated carbocycles. The SMILES string of the molecule is Cc1nnc(S[C@@H](C)C(=O)c2c[nH]c3ccccc23)n1C1CC1. The number of nitrogens with one attached hydrogen (secondary N) is 1. The minimum Gasteiger partial charge on any atom is -0.360 e. The zero-order chi connectivity index (χ0) is 16.0. The van der Waals surface area contributed by atoms with Crippen molar-refractivity contribution in [3.63, 3.8) is 0 Å². The van der Waals surface area contributed by atoms with Crippen LogP contribution < -0.4 is 0 Å². The van der Waals surface area contributed by atoms with E-state index < -0.39 is 0 Å². The lowest BCUT2D eigenvalue weighted by Crippen LogP contribution is -2.14. The van der Waals surface area contributed by atoms with E-state index in [2.05, 4.69) is 19.7 Å². The number of para-hydroxylation sites is 1. The van der Waals surface area contributed by atoms with Gasteiger partial charge in [-0.15, -0.1) is 10.2 Å². The summed E-state index contributed by atoms with van der Waals surface area (Å²) in [7, 11) is 0. The van der Waals surface area contributed by atoms with E-state index in [1.165, 1.54) is 24.6 Å². The van der Waals surface area contributed by atoms with Crippen LogP contribution in [-0.4, -0.2) is 30.8 Å². The third-order valence-corrected chi connectivity index (χ3v) is 5.31. The van der Waals surface area contributed by atoms with Gasteiger partial charge in [-0.2, -0.15) is 0 Å². The lowest BCUT2D eigenvalue weighted by atomic mass is 10.1. The first-order valence-corrected chi connectivity index (χ1v) is 8.71. The molecule has 0 bridgehead atoms. The molecule has 3 aromatic rings. The van der Waals surface area contributed by atoms with Crippen LogP contribution in [0.1, 0.15) is 42.0 Å². The van der Waals surface area contributed by atoms with Crippen LogP contribution in [-0.2, 0) is 0 Å². The minimum absolute atomic E-state index is 0.121. The number of rotatable bonds is 5. The molecule has 1 aromatic carbocycles. The normalized spacial score (nSPS) is 15.9. The lowest BCUT2D eigenvalue weighted by Gasteiger charge is -2.11. The second-order valence-electron chi connectivity index (χ2n) is 6.00. The van der Waals surface area contributed by atoms with Crippen molar-refractivity contribution >= 4 is 28.4 Å². The molecule has 0 saturated heterocycles. The van der Waals surface area contributed by atoms with E-state index in [9.17, 15) is 4.79 Å². The Morgan fingerprint density at radius 3 is 2.91 bits per heavy atom. The lowest BCUT2D eigenvalue weighted by molar-refractivity contribution is 0.0995. The number of nitrogens with zero attached hydrogens (tertiary/aromatic N) is 3. The maximum absolute atomic E-state index is 12.8. The first-order chi connectivity index (χ1) is 11.1. The number of hydrogen-bond acceptors (Lipinski definition) is 4. The Hall–Kier alpha value is -2.08. The standard InChI is InChI=1S/C17H18N4OS/c1-10(23-17-20-19-11(2)21(17)12-7-8-12)16(22)14-9-18-15-6-4-3-5-13(14)15/h3-6,9-10,12,18H,7-8H2,1-2H3/t10-/m0/s1. The van der Waals surface area contributed by atoms with Crippen LogP contribution in [0.3, 0.4) is 0 Å². The molecule has 0 spiro atoms. The van der Waals surface area contributed by atoms with E-state index in [0.29, 0.717) is 6.04 Å². The molecule has 4 rings (SSSR count). The highest BCUT2D eigenvalue weighted by Gasteiger charge is 2.30. The Morgan fingerprint density at radius 2 is 2.13 bits per heavy atom. The van der Waals surface area contributed by atoms with E-state index in [1.54, 1.807) is 6.20 Å². The minimum atomic E-state index is -0.199. The number of aromatic amines is 1. The summed E-state index contributed by atoms with van der Waals surface area (Å²) in [4.78, 5) is 16.0. The molecule has 1 aliphatic carbocycles. The molecular formula is C17H18N4OS. The molecule has 0 radical (unpaired) electrons. The van der Waals surface area contributed by atoms with E-state index in [1.807, 2.05) is 38.1 Å². The summed E-state index contributed by atoms with van der Waals surface area (Å²) in [6, 6.07) is 8.40. The van der Waals surface area contributed by atoms with Crippen molar-refractivity contribution < 1.29 is 4.79 Å². The number of aromatic nitrogens is 4. The summed E-state index contributed by atoms with van der Waals surface area (Å²) < 4.78 is 2.17. The fourth-order valence-corrected chi connectivity index (χ4v) is 3.92. The van der Waals surface area contributed by atoms with Crippen LogP contribution in [0.25, 0.3) is 10.9 Å². The highest BCUT2D eigenvalue weighted by molar-refractivity contribution is 8.00. The molecule has 6 heteroatoms. The average molecular weight is 326 g/mol. The number of benzene rings is 1. The summed E-state index contributed by atoms with van der Waals surface area (Å²) in [6.07, 6.45) is 4.16. The Balaban J connectivity index is 1.59. The second kappa shape index (κ2) is 5.53. The monoisotopic (exact) mass is 326 g/mol. The zero-order valence-electron chi connectivity index (χ0n) is 13.1. The molecule has 1 aliphatic rings. The summed E-state index contributed by atoms with van der Waals surface area (Å²) in [5.74, 6) is 1.05. The van der Waals surface area contributed by atoms with Gasteiger partial charge in [0.1, 0.15) is 5.82 Å². The first kappa shape index (κ1) is 14.5. The van der Waals surface area contributed by atoms with E-state index in [4.69, 9.17) is 0 Å². The van der Waals surface area contributed by atoms with E-state index in [-0.39, 0.29) is 11.0 Å². The number of thioether (sulfide) groups is 1. The molecule has 0 unspecified atom stereocenters. The van der Waals surface area contributed by atoms with Gasteiger partial charge in [-0.05, 0) is 32.8 Å². The molecule has 1 N–H and O–H groups in total. The summed E-state index contributed by atoms with van der Waals surface area (Å²) in [6.45, 7) is 3.91. The Labute approximate surface area is 138 Å². The second-order valence-corrected chi connectivity index (χ2v) is 7.31. The van der Waals surface area contributed by atoms with Crippen molar-refractivity contribution in [3.05, 3.63) is 41.9 Å².